The monoisotopic (exact) mass is 254 g/mol. The number of hydrogen-bond donors (Lipinski definition) is 2. The molecular formula is C12H18N2O2S. The summed E-state index contributed by atoms with van der Waals surface area (Å²) in [4.78, 5) is 0.205. The average molecular weight is 254 g/mol. The van der Waals surface area contributed by atoms with Crippen LogP contribution in [0.4, 0.5) is 11.4 Å². The predicted molar refractivity (Wildman–Crippen MR) is 69.8 cm³/mol. The number of rotatable bonds is 4. The second-order valence-corrected chi connectivity index (χ2v) is 6.63. The molecule has 2 rings (SSSR count). The van der Waals surface area contributed by atoms with E-state index in [1.54, 1.807) is 12.1 Å². The molecule has 0 radical (unpaired) electrons. The molecule has 3 N–H and O–H groups in total. The Balaban J connectivity index is 2.25. The fourth-order valence-electron chi connectivity index (χ4n) is 2.07. The Hall–Kier alpha value is -1.23. The van der Waals surface area contributed by atoms with Crippen molar-refractivity contribution in [1.82, 2.24) is 0 Å². The molecule has 1 aromatic carbocycles. The lowest BCUT2D eigenvalue weighted by Gasteiger charge is -2.11. The third-order valence-corrected chi connectivity index (χ3v) is 4.41. The summed E-state index contributed by atoms with van der Waals surface area (Å²) >= 11 is 0. The van der Waals surface area contributed by atoms with Gasteiger partial charge < -0.3 is 11.1 Å². The molecule has 0 spiro atoms. The van der Waals surface area contributed by atoms with Gasteiger partial charge in [-0.1, -0.05) is 19.4 Å². The van der Waals surface area contributed by atoms with Gasteiger partial charge in [0.15, 0.2) is 9.84 Å². The SMILES string of the molecule is CCC1CC1Nc1cccc(S(C)(=O)=O)c1N. The van der Waals surface area contributed by atoms with E-state index in [-0.39, 0.29) is 4.90 Å². The quantitative estimate of drug-likeness (QED) is 0.805. The van der Waals surface area contributed by atoms with E-state index in [2.05, 4.69) is 12.2 Å². The lowest BCUT2D eigenvalue weighted by Crippen LogP contribution is -2.10. The second-order valence-electron chi connectivity index (χ2n) is 4.64. The van der Waals surface area contributed by atoms with Gasteiger partial charge in [-0.15, -0.1) is 0 Å². The number of nitrogens with two attached hydrogens (primary N) is 1. The Labute approximate surface area is 102 Å². The molecule has 4 nitrogen and oxygen atoms in total. The first-order valence-corrected chi connectivity index (χ1v) is 7.67. The zero-order valence-corrected chi connectivity index (χ0v) is 10.9. The zero-order valence-electron chi connectivity index (χ0n) is 10.1. The van der Waals surface area contributed by atoms with E-state index in [1.807, 2.05) is 6.07 Å². The van der Waals surface area contributed by atoms with Crippen LogP contribution in [0.1, 0.15) is 19.8 Å². The molecule has 1 saturated carbocycles. The molecule has 2 atom stereocenters. The standard InChI is InChI=1S/C12H18N2O2S/c1-3-8-7-10(8)14-9-5-4-6-11(12(9)13)17(2,15)16/h4-6,8,10,14H,3,7,13H2,1-2H3. The highest BCUT2D eigenvalue weighted by Crippen LogP contribution is 2.38. The van der Waals surface area contributed by atoms with Gasteiger partial charge in [-0.3, -0.25) is 0 Å². The lowest BCUT2D eigenvalue weighted by molar-refractivity contribution is 0.602. The molecule has 5 heteroatoms. The Bertz CT molecular complexity index is 525. The maximum atomic E-state index is 11.5. The summed E-state index contributed by atoms with van der Waals surface area (Å²) in [6.45, 7) is 2.16. The second kappa shape index (κ2) is 4.22. The Morgan fingerprint density at radius 1 is 1.47 bits per heavy atom. The van der Waals surface area contributed by atoms with Crippen LogP contribution >= 0.6 is 0 Å². The zero-order chi connectivity index (χ0) is 12.6. The first-order valence-electron chi connectivity index (χ1n) is 5.78. The van der Waals surface area contributed by atoms with Crippen molar-refractivity contribution in [3.63, 3.8) is 0 Å². The molecule has 0 heterocycles. The van der Waals surface area contributed by atoms with E-state index in [9.17, 15) is 8.42 Å². The molecule has 0 aliphatic heterocycles. The summed E-state index contributed by atoms with van der Waals surface area (Å²) in [5, 5.41) is 3.31. The molecule has 2 unspecified atom stereocenters. The van der Waals surface area contributed by atoms with Crippen LogP contribution < -0.4 is 11.1 Å². The number of sulfone groups is 1. The van der Waals surface area contributed by atoms with Crippen molar-refractivity contribution < 1.29 is 8.42 Å². The summed E-state index contributed by atoms with van der Waals surface area (Å²) in [5.74, 6) is 0.691. The highest BCUT2D eigenvalue weighted by Gasteiger charge is 2.35. The largest absolute Gasteiger partial charge is 0.396 e. The molecule has 1 aliphatic carbocycles. The van der Waals surface area contributed by atoms with E-state index < -0.39 is 9.84 Å². The molecule has 1 aliphatic rings. The lowest BCUT2D eigenvalue weighted by atomic mass is 10.2. The van der Waals surface area contributed by atoms with E-state index in [4.69, 9.17) is 5.73 Å². The van der Waals surface area contributed by atoms with Crippen LogP contribution in [0.3, 0.4) is 0 Å². The minimum Gasteiger partial charge on any atom is -0.396 e. The topological polar surface area (TPSA) is 72.2 Å². The molecule has 0 saturated heterocycles. The van der Waals surface area contributed by atoms with Gasteiger partial charge in [-0.25, -0.2) is 8.42 Å². The van der Waals surface area contributed by atoms with E-state index >= 15 is 0 Å². The van der Waals surface area contributed by atoms with Gasteiger partial charge in [-0.2, -0.15) is 0 Å². The maximum Gasteiger partial charge on any atom is 0.177 e. The smallest absolute Gasteiger partial charge is 0.177 e. The predicted octanol–water partition coefficient (Wildman–Crippen LogP) is 1.88. The first kappa shape index (κ1) is 12.2. The Morgan fingerprint density at radius 3 is 2.71 bits per heavy atom. The highest BCUT2D eigenvalue weighted by molar-refractivity contribution is 7.90. The van der Waals surface area contributed by atoms with Crippen LogP contribution in [0.25, 0.3) is 0 Å². The van der Waals surface area contributed by atoms with Gasteiger partial charge in [-0.05, 0) is 24.5 Å². The minimum absolute atomic E-state index is 0.205. The fraction of sp³-hybridized carbons (Fsp3) is 0.500. The summed E-state index contributed by atoms with van der Waals surface area (Å²) in [7, 11) is -3.26. The van der Waals surface area contributed by atoms with Crippen LogP contribution in [-0.2, 0) is 9.84 Å². The molecule has 17 heavy (non-hydrogen) atoms. The third kappa shape index (κ3) is 2.54. The van der Waals surface area contributed by atoms with Gasteiger partial charge in [0.05, 0.1) is 16.3 Å². The Morgan fingerprint density at radius 2 is 2.18 bits per heavy atom. The summed E-state index contributed by atoms with van der Waals surface area (Å²) < 4.78 is 23.0. The summed E-state index contributed by atoms with van der Waals surface area (Å²) in [6.07, 6.45) is 3.46. The van der Waals surface area contributed by atoms with Crippen molar-refractivity contribution in [1.29, 1.82) is 0 Å². The van der Waals surface area contributed by atoms with Crippen LogP contribution in [-0.4, -0.2) is 20.7 Å². The highest BCUT2D eigenvalue weighted by atomic mass is 32.2. The molecule has 1 aromatic rings. The molecule has 0 aromatic heterocycles. The molecule has 0 amide bonds. The van der Waals surface area contributed by atoms with Crippen LogP contribution in [0.15, 0.2) is 23.1 Å². The van der Waals surface area contributed by atoms with E-state index in [1.165, 1.54) is 6.26 Å². The Kier molecular flexibility index (Phi) is 3.03. The summed E-state index contributed by atoms with van der Waals surface area (Å²) in [6, 6.07) is 5.53. The van der Waals surface area contributed by atoms with Crippen molar-refractivity contribution in [3.05, 3.63) is 18.2 Å². The van der Waals surface area contributed by atoms with Crippen molar-refractivity contribution in [2.45, 2.75) is 30.7 Å². The number of para-hydroxylation sites is 1. The van der Waals surface area contributed by atoms with Crippen molar-refractivity contribution in [2.75, 3.05) is 17.3 Å². The van der Waals surface area contributed by atoms with Gasteiger partial charge in [0.25, 0.3) is 0 Å². The van der Waals surface area contributed by atoms with Crippen LogP contribution in [0.5, 0.6) is 0 Å². The van der Waals surface area contributed by atoms with E-state index in [0.29, 0.717) is 17.6 Å². The van der Waals surface area contributed by atoms with Crippen molar-refractivity contribution in [3.8, 4) is 0 Å². The number of hydrogen-bond acceptors (Lipinski definition) is 4. The maximum absolute atomic E-state index is 11.5. The van der Waals surface area contributed by atoms with Gasteiger partial charge >= 0.3 is 0 Å². The molecule has 0 bridgehead atoms. The van der Waals surface area contributed by atoms with Gasteiger partial charge in [0.1, 0.15) is 0 Å². The van der Waals surface area contributed by atoms with Crippen LogP contribution in [0.2, 0.25) is 0 Å². The number of nitrogen functional groups attached to an aromatic ring is 1. The fourth-order valence-corrected chi connectivity index (χ4v) is 2.90. The average Bonchev–Trinajstić information content (AvgIpc) is 2.98. The van der Waals surface area contributed by atoms with Gasteiger partial charge in [0.2, 0.25) is 0 Å². The number of benzene rings is 1. The van der Waals surface area contributed by atoms with E-state index in [0.717, 1.165) is 18.5 Å². The summed E-state index contributed by atoms with van der Waals surface area (Å²) in [5.41, 5.74) is 6.95. The number of anilines is 2. The minimum atomic E-state index is -3.26. The first-order chi connectivity index (χ1) is 7.93. The normalized spacial score (nSPS) is 23.4. The van der Waals surface area contributed by atoms with Crippen LogP contribution in [0, 0.1) is 5.92 Å². The van der Waals surface area contributed by atoms with Gasteiger partial charge in [0, 0.05) is 12.3 Å². The number of nitrogens with one attached hydrogen (secondary N) is 1. The molecule has 1 fully saturated rings. The van der Waals surface area contributed by atoms with Crippen molar-refractivity contribution in [2.24, 2.45) is 5.92 Å². The van der Waals surface area contributed by atoms with Crippen molar-refractivity contribution >= 4 is 21.2 Å². The third-order valence-electron chi connectivity index (χ3n) is 3.25. The molecular weight excluding hydrogens is 236 g/mol. The molecule has 94 valence electrons.